The molecule has 1 fully saturated rings. The molecular weight excluding hydrogens is 275 g/mol. The molecule has 0 aliphatic carbocycles. The number of halogens is 3. The summed E-state index contributed by atoms with van der Waals surface area (Å²) in [4.78, 5) is 0. The quantitative estimate of drug-likeness (QED) is 0.684. The van der Waals surface area contributed by atoms with Gasteiger partial charge in [0.1, 0.15) is 0 Å². The van der Waals surface area contributed by atoms with E-state index in [-0.39, 0.29) is 0 Å². The van der Waals surface area contributed by atoms with E-state index >= 15 is 0 Å². The fourth-order valence-electron chi connectivity index (χ4n) is 0.754. The van der Waals surface area contributed by atoms with Gasteiger partial charge in [-0.25, -0.2) is 4.31 Å². The average Bonchev–Trinajstić information content (AvgIpc) is 1.88. The van der Waals surface area contributed by atoms with Crippen LogP contribution in [0.1, 0.15) is 0 Å². The minimum absolute atomic E-state index is 0.366. The second kappa shape index (κ2) is 3.51. The Morgan fingerprint density at radius 2 is 1.80 bits per heavy atom. The molecule has 0 amide bonds. The molecule has 1 aliphatic rings. The van der Waals surface area contributed by atoms with E-state index < -0.39 is 8.16 Å². The summed E-state index contributed by atoms with van der Waals surface area (Å²) in [5, 5.41) is 0. The molecule has 0 radical (unpaired) electrons. The van der Waals surface area contributed by atoms with Crippen LogP contribution >= 0.6 is 29.4 Å². The largest absolute Gasteiger partial charge is 0.379 e. The highest BCUT2D eigenvalue weighted by atomic mass is 127. The molecule has 0 atom stereocenters. The molecule has 0 N–H and O–H groups in total. The predicted molar refractivity (Wildman–Crippen MR) is 46.2 cm³/mol. The SMILES string of the molecule is FS(F)(I)N1CCOCC1. The Bertz CT molecular complexity index is 114. The van der Waals surface area contributed by atoms with Crippen LogP contribution in [0.3, 0.4) is 0 Å². The number of hydrogen-bond acceptors (Lipinski definition) is 2. The van der Waals surface area contributed by atoms with Gasteiger partial charge in [0.25, 0.3) is 0 Å². The molecule has 1 saturated heterocycles. The van der Waals surface area contributed by atoms with Gasteiger partial charge in [0.15, 0.2) is 8.16 Å². The van der Waals surface area contributed by atoms with Crippen molar-refractivity contribution in [3.63, 3.8) is 0 Å². The van der Waals surface area contributed by atoms with Crippen LogP contribution in [0.15, 0.2) is 0 Å². The van der Waals surface area contributed by atoms with Gasteiger partial charge < -0.3 is 4.74 Å². The summed E-state index contributed by atoms with van der Waals surface area (Å²) in [6.45, 7) is 1.60. The van der Waals surface area contributed by atoms with Crippen molar-refractivity contribution in [3.05, 3.63) is 0 Å². The third-order valence-electron chi connectivity index (χ3n) is 1.26. The maximum atomic E-state index is 12.5. The molecular formula is C4H8F2INOS. The zero-order valence-electron chi connectivity index (χ0n) is 5.23. The fourth-order valence-corrected chi connectivity index (χ4v) is 2.50. The van der Waals surface area contributed by atoms with Gasteiger partial charge in [-0.1, -0.05) is 0 Å². The lowest BCUT2D eigenvalue weighted by Crippen LogP contribution is -2.33. The lowest BCUT2D eigenvalue weighted by Gasteiger charge is -2.31. The summed E-state index contributed by atoms with van der Waals surface area (Å²) in [5.74, 6) is 0. The van der Waals surface area contributed by atoms with Crippen molar-refractivity contribution in [1.82, 2.24) is 4.31 Å². The molecule has 0 unspecified atom stereocenters. The summed E-state index contributed by atoms with van der Waals surface area (Å²) in [6.07, 6.45) is 0. The van der Waals surface area contributed by atoms with Crippen LogP contribution in [0.2, 0.25) is 0 Å². The molecule has 0 aromatic heterocycles. The summed E-state index contributed by atoms with van der Waals surface area (Å²) in [6, 6.07) is 0. The van der Waals surface area contributed by atoms with Crippen molar-refractivity contribution in [2.45, 2.75) is 0 Å². The Kier molecular flexibility index (Phi) is 3.14. The minimum Gasteiger partial charge on any atom is -0.379 e. The summed E-state index contributed by atoms with van der Waals surface area (Å²) in [5.41, 5.74) is 0. The van der Waals surface area contributed by atoms with Gasteiger partial charge >= 0.3 is 0 Å². The van der Waals surface area contributed by atoms with Crippen LogP contribution < -0.4 is 0 Å². The van der Waals surface area contributed by atoms with Crippen LogP contribution in [-0.4, -0.2) is 30.6 Å². The Balaban J connectivity index is 2.39. The van der Waals surface area contributed by atoms with Gasteiger partial charge in [-0.3, -0.25) is 0 Å². The van der Waals surface area contributed by atoms with Crippen molar-refractivity contribution in [3.8, 4) is 0 Å². The van der Waals surface area contributed by atoms with Crippen molar-refractivity contribution in [2.75, 3.05) is 26.3 Å². The van der Waals surface area contributed by atoms with Gasteiger partial charge in [0.2, 0.25) is 0 Å². The first-order valence-corrected chi connectivity index (χ1v) is 6.79. The van der Waals surface area contributed by atoms with E-state index in [1.54, 1.807) is 0 Å². The van der Waals surface area contributed by atoms with Crippen molar-refractivity contribution < 1.29 is 12.5 Å². The Hall–Kier alpha value is 0.860. The third-order valence-corrected chi connectivity index (χ3v) is 3.88. The number of nitrogens with zero attached hydrogens (tertiary/aromatic N) is 1. The highest BCUT2D eigenvalue weighted by Crippen LogP contribution is 2.62. The minimum atomic E-state index is -3.50. The first-order chi connectivity index (χ1) is 4.61. The highest BCUT2D eigenvalue weighted by molar-refractivity contribution is 14.2. The molecule has 1 heterocycles. The molecule has 0 bridgehead atoms. The molecule has 0 aromatic carbocycles. The number of morpholine rings is 1. The van der Waals surface area contributed by atoms with Crippen LogP contribution in [0.4, 0.5) is 7.77 Å². The maximum absolute atomic E-state index is 12.5. The summed E-state index contributed by atoms with van der Waals surface area (Å²) >= 11 is 1.22. The smallest absolute Gasteiger partial charge is 0.174 e. The lowest BCUT2D eigenvalue weighted by atomic mass is 10.5. The van der Waals surface area contributed by atoms with Crippen molar-refractivity contribution >= 4 is 29.4 Å². The zero-order chi connectivity index (χ0) is 7.61. The topological polar surface area (TPSA) is 12.5 Å². The molecule has 0 saturated carbocycles. The van der Waals surface area contributed by atoms with Crippen LogP contribution in [-0.2, 0) is 4.74 Å². The van der Waals surface area contributed by atoms with Gasteiger partial charge in [0, 0.05) is 13.1 Å². The maximum Gasteiger partial charge on any atom is 0.174 e. The standard InChI is InChI=1S/C4H8F2INOS/c5-10(6,7)8-1-3-9-4-2-8/h1-4H2. The summed E-state index contributed by atoms with van der Waals surface area (Å²) < 4.78 is 31.2. The molecule has 1 aliphatic heterocycles. The normalized spacial score (nSPS) is 24.7. The van der Waals surface area contributed by atoms with Gasteiger partial charge in [0.05, 0.1) is 34.4 Å². The van der Waals surface area contributed by atoms with Crippen molar-refractivity contribution in [1.29, 1.82) is 0 Å². The van der Waals surface area contributed by atoms with Gasteiger partial charge in [-0.05, 0) is 0 Å². The zero-order valence-corrected chi connectivity index (χ0v) is 8.20. The van der Waals surface area contributed by atoms with E-state index in [1.165, 1.54) is 25.5 Å². The van der Waals surface area contributed by atoms with Crippen LogP contribution in [0, 0.1) is 0 Å². The second-order valence-corrected chi connectivity index (χ2v) is 6.38. The Labute approximate surface area is 72.5 Å². The van der Waals surface area contributed by atoms with Gasteiger partial charge in [-0.15, -0.1) is 7.77 Å². The predicted octanol–water partition coefficient (Wildman–Crippen LogP) is 2.16. The Morgan fingerprint density at radius 1 is 1.30 bits per heavy atom. The first-order valence-electron chi connectivity index (χ1n) is 2.86. The van der Waals surface area contributed by atoms with E-state index in [4.69, 9.17) is 4.74 Å². The number of hydrogen-bond donors (Lipinski definition) is 0. The molecule has 0 spiro atoms. The fraction of sp³-hybridized carbons (Fsp3) is 1.00. The van der Waals surface area contributed by atoms with E-state index in [2.05, 4.69) is 0 Å². The Morgan fingerprint density at radius 3 is 2.10 bits per heavy atom. The molecule has 1 rings (SSSR count). The van der Waals surface area contributed by atoms with E-state index in [0.29, 0.717) is 26.3 Å². The van der Waals surface area contributed by atoms with Crippen molar-refractivity contribution in [2.24, 2.45) is 0 Å². The summed E-state index contributed by atoms with van der Waals surface area (Å²) in [7, 11) is -3.50. The van der Waals surface area contributed by atoms with Crippen LogP contribution in [0.25, 0.3) is 0 Å². The second-order valence-electron chi connectivity index (χ2n) is 1.92. The third kappa shape index (κ3) is 2.48. The molecule has 2 nitrogen and oxygen atoms in total. The monoisotopic (exact) mass is 283 g/mol. The van der Waals surface area contributed by atoms with Crippen LogP contribution in [0.5, 0.6) is 0 Å². The lowest BCUT2D eigenvalue weighted by molar-refractivity contribution is 0.0734. The molecule has 62 valence electrons. The molecule has 10 heavy (non-hydrogen) atoms. The molecule has 0 aromatic rings. The molecule has 6 heteroatoms. The van der Waals surface area contributed by atoms with E-state index in [1.807, 2.05) is 0 Å². The first kappa shape index (κ1) is 8.95. The van der Waals surface area contributed by atoms with E-state index in [0.717, 1.165) is 0 Å². The average molecular weight is 283 g/mol. The van der Waals surface area contributed by atoms with Gasteiger partial charge in [-0.2, -0.15) is 0 Å². The van der Waals surface area contributed by atoms with E-state index in [9.17, 15) is 7.77 Å². The highest BCUT2D eigenvalue weighted by Gasteiger charge is 2.29. The number of rotatable bonds is 1. The number of ether oxygens (including phenoxy) is 1.